The lowest BCUT2D eigenvalue weighted by atomic mass is 9.95. The van der Waals surface area contributed by atoms with E-state index in [1.165, 1.54) is 16.5 Å². The van der Waals surface area contributed by atoms with E-state index >= 15 is 0 Å². The van der Waals surface area contributed by atoms with Crippen LogP contribution in [0.25, 0.3) is 27.9 Å². The third kappa shape index (κ3) is 2.61. The Balaban J connectivity index is 1.99. The molecule has 0 bridgehead atoms. The van der Waals surface area contributed by atoms with Gasteiger partial charge in [0.1, 0.15) is 5.69 Å². The first-order valence-corrected chi connectivity index (χ1v) is 9.48. The maximum atomic E-state index is 4.92. The van der Waals surface area contributed by atoms with Crippen molar-refractivity contribution in [1.82, 2.24) is 19.6 Å². The summed E-state index contributed by atoms with van der Waals surface area (Å²) < 4.78 is 2.04. The second-order valence-electron chi connectivity index (χ2n) is 7.31. The summed E-state index contributed by atoms with van der Waals surface area (Å²) in [5, 5.41) is 6.02. The van der Waals surface area contributed by atoms with E-state index < -0.39 is 0 Å². The highest BCUT2D eigenvalue weighted by Gasteiger charge is 2.20. The van der Waals surface area contributed by atoms with E-state index in [-0.39, 0.29) is 0 Å². The number of rotatable bonds is 4. The van der Waals surface area contributed by atoms with Gasteiger partial charge in [-0.05, 0) is 63.3 Å². The van der Waals surface area contributed by atoms with Crippen LogP contribution in [0.15, 0.2) is 30.3 Å². The Morgan fingerprint density at radius 1 is 1.04 bits per heavy atom. The van der Waals surface area contributed by atoms with Gasteiger partial charge in [-0.15, -0.1) is 0 Å². The number of aryl methyl sites for hydroxylation is 3. The van der Waals surface area contributed by atoms with Gasteiger partial charge < -0.3 is 4.98 Å². The van der Waals surface area contributed by atoms with Crippen LogP contribution in [0.3, 0.4) is 0 Å². The normalized spacial score (nSPS) is 11.9. The van der Waals surface area contributed by atoms with Crippen molar-refractivity contribution in [1.29, 1.82) is 0 Å². The zero-order valence-electron chi connectivity index (χ0n) is 16.2. The molecule has 4 rings (SSSR count). The lowest BCUT2D eigenvalue weighted by Crippen LogP contribution is -2.05. The van der Waals surface area contributed by atoms with Crippen LogP contribution in [-0.2, 0) is 0 Å². The van der Waals surface area contributed by atoms with Crippen LogP contribution in [0.4, 0.5) is 0 Å². The molecular formula is C22H26N4. The number of hydrogen-bond donors (Lipinski definition) is 1. The number of aromatic amines is 1. The van der Waals surface area contributed by atoms with Gasteiger partial charge >= 0.3 is 0 Å². The SMILES string of the molecule is CCC(CC)c1cc(C)nn2c(-c3cc4ccc(C)cc4[nH]3)c(C)nc12. The molecule has 0 fully saturated rings. The van der Waals surface area contributed by atoms with Gasteiger partial charge in [-0.1, -0.05) is 26.0 Å². The third-order valence-electron chi connectivity index (χ3n) is 5.37. The summed E-state index contributed by atoms with van der Waals surface area (Å²) in [5.74, 6) is 0.513. The monoisotopic (exact) mass is 346 g/mol. The Labute approximate surface area is 154 Å². The number of aromatic nitrogens is 4. The van der Waals surface area contributed by atoms with Crippen molar-refractivity contribution in [2.45, 2.75) is 53.4 Å². The first-order valence-electron chi connectivity index (χ1n) is 9.48. The molecule has 0 aliphatic rings. The Kier molecular flexibility index (Phi) is 4.06. The largest absolute Gasteiger partial charge is 0.353 e. The van der Waals surface area contributed by atoms with Crippen molar-refractivity contribution in [3.05, 3.63) is 52.8 Å². The molecule has 0 radical (unpaired) electrons. The first-order chi connectivity index (χ1) is 12.5. The first kappa shape index (κ1) is 16.8. The van der Waals surface area contributed by atoms with Gasteiger partial charge in [0.25, 0.3) is 0 Å². The van der Waals surface area contributed by atoms with Crippen molar-refractivity contribution in [2.24, 2.45) is 0 Å². The van der Waals surface area contributed by atoms with Crippen LogP contribution >= 0.6 is 0 Å². The molecule has 3 aromatic heterocycles. The molecule has 0 unspecified atom stereocenters. The quantitative estimate of drug-likeness (QED) is 0.515. The van der Waals surface area contributed by atoms with Gasteiger partial charge in [-0.3, -0.25) is 0 Å². The van der Waals surface area contributed by atoms with Crippen LogP contribution in [0.2, 0.25) is 0 Å². The third-order valence-corrected chi connectivity index (χ3v) is 5.37. The van der Waals surface area contributed by atoms with E-state index in [9.17, 15) is 0 Å². The maximum absolute atomic E-state index is 4.92. The van der Waals surface area contributed by atoms with Crippen LogP contribution < -0.4 is 0 Å². The molecule has 0 saturated carbocycles. The smallest absolute Gasteiger partial charge is 0.158 e. The minimum atomic E-state index is 0.513. The molecule has 1 N–H and O–H groups in total. The van der Waals surface area contributed by atoms with Crippen LogP contribution in [-0.4, -0.2) is 19.6 Å². The highest BCUT2D eigenvalue weighted by Crippen LogP contribution is 2.32. The number of hydrogen-bond acceptors (Lipinski definition) is 2. The summed E-state index contributed by atoms with van der Waals surface area (Å²) in [6.45, 7) is 10.8. The topological polar surface area (TPSA) is 46.0 Å². The summed E-state index contributed by atoms with van der Waals surface area (Å²) in [7, 11) is 0. The van der Waals surface area contributed by atoms with Gasteiger partial charge in [-0.25, -0.2) is 9.50 Å². The molecule has 1 aromatic carbocycles. The van der Waals surface area contributed by atoms with Gasteiger partial charge in [0.05, 0.1) is 17.1 Å². The molecule has 4 nitrogen and oxygen atoms in total. The van der Waals surface area contributed by atoms with E-state index in [1.54, 1.807) is 0 Å². The fraction of sp³-hybridized carbons (Fsp3) is 0.364. The minimum Gasteiger partial charge on any atom is -0.353 e. The van der Waals surface area contributed by atoms with E-state index in [2.05, 4.69) is 69.9 Å². The molecule has 0 spiro atoms. The molecule has 26 heavy (non-hydrogen) atoms. The molecule has 134 valence electrons. The summed E-state index contributed by atoms with van der Waals surface area (Å²) in [4.78, 5) is 8.48. The zero-order valence-corrected chi connectivity index (χ0v) is 16.2. The molecule has 0 amide bonds. The number of imidazole rings is 1. The average Bonchev–Trinajstić information content (AvgIpc) is 3.15. The van der Waals surface area contributed by atoms with Crippen LogP contribution in [0, 0.1) is 20.8 Å². The van der Waals surface area contributed by atoms with Crippen molar-refractivity contribution in [3.63, 3.8) is 0 Å². The Hall–Kier alpha value is -2.62. The average molecular weight is 346 g/mol. The summed E-state index contributed by atoms with van der Waals surface area (Å²) in [6, 6.07) is 10.9. The zero-order chi connectivity index (χ0) is 18.4. The van der Waals surface area contributed by atoms with Crippen molar-refractivity contribution in [2.75, 3.05) is 0 Å². The molecule has 4 aromatic rings. The van der Waals surface area contributed by atoms with Gasteiger partial charge in [-0.2, -0.15) is 5.10 Å². The second-order valence-corrected chi connectivity index (χ2v) is 7.31. The highest BCUT2D eigenvalue weighted by atomic mass is 15.3. The Morgan fingerprint density at radius 2 is 1.81 bits per heavy atom. The predicted molar refractivity (Wildman–Crippen MR) is 108 cm³/mol. The number of fused-ring (bicyclic) bond motifs is 2. The molecule has 0 aliphatic carbocycles. The van der Waals surface area contributed by atoms with Crippen molar-refractivity contribution < 1.29 is 0 Å². The molecule has 4 heteroatoms. The second kappa shape index (κ2) is 6.27. The fourth-order valence-corrected chi connectivity index (χ4v) is 3.99. The number of nitrogens with one attached hydrogen (secondary N) is 1. The lowest BCUT2D eigenvalue weighted by molar-refractivity contribution is 0.638. The maximum Gasteiger partial charge on any atom is 0.158 e. The van der Waals surface area contributed by atoms with Gasteiger partial charge in [0.15, 0.2) is 5.65 Å². The van der Waals surface area contributed by atoms with Crippen LogP contribution in [0.1, 0.15) is 55.1 Å². The molecule has 0 saturated heterocycles. The molecular weight excluding hydrogens is 320 g/mol. The van der Waals surface area contributed by atoms with Crippen molar-refractivity contribution in [3.8, 4) is 11.4 Å². The number of benzene rings is 1. The van der Waals surface area contributed by atoms with E-state index in [1.807, 2.05) is 4.52 Å². The van der Waals surface area contributed by atoms with Gasteiger partial charge in [0, 0.05) is 16.5 Å². The summed E-state index contributed by atoms with van der Waals surface area (Å²) in [5.41, 5.74) is 8.89. The predicted octanol–water partition coefficient (Wildman–Crippen LogP) is 5.71. The highest BCUT2D eigenvalue weighted by molar-refractivity contribution is 5.86. The standard InChI is InChI=1S/C22H26N4/c1-6-16(7-2)18-11-14(4)25-26-21(15(5)23-22(18)26)20-12-17-9-8-13(3)10-19(17)24-20/h8-12,16,24H,6-7H2,1-5H3. The minimum absolute atomic E-state index is 0.513. The lowest BCUT2D eigenvalue weighted by Gasteiger charge is -2.14. The van der Waals surface area contributed by atoms with Crippen LogP contribution in [0.5, 0.6) is 0 Å². The van der Waals surface area contributed by atoms with Crippen molar-refractivity contribution >= 4 is 16.6 Å². The van der Waals surface area contributed by atoms with E-state index in [0.29, 0.717) is 5.92 Å². The number of H-pyrrole nitrogens is 1. The Bertz CT molecular complexity index is 1100. The van der Waals surface area contributed by atoms with E-state index in [0.717, 1.165) is 46.8 Å². The number of nitrogens with zero attached hydrogens (tertiary/aromatic N) is 3. The van der Waals surface area contributed by atoms with E-state index in [4.69, 9.17) is 10.1 Å². The molecule has 0 atom stereocenters. The Morgan fingerprint density at radius 3 is 2.54 bits per heavy atom. The summed E-state index contributed by atoms with van der Waals surface area (Å²) >= 11 is 0. The van der Waals surface area contributed by atoms with Gasteiger partial charge in [0.2, 0.25) is 0 Å². The molecule has 3 heterocycles. The fourth-order valence-electron chi connectivity index (χ4n) is 3.99. The summed E-state index contributed by atoms with van der Waals surface area (Å²) in [6.07, 6.45) is 2.23. The molecule has 0 aliphatic heterocycles.